The van der Waals surface area contributed by atoms with E-state index in [4.69, 9.17) is 15.2 Å². The van der Waals surface area contributed by atoms with Crippen molar-refractivity contribution in [2.24, 2.45) is 11.7 Å². The van der Waals surface area contributed by atoms with Gasteiger partial charge in [-0.15, -0.1) is 0 Å². The van der Waals surface area contributed by atoms with Gasteiger partial charge in [0.15, 0.2) is 0 Å². The van der Waals surface area contributed by atoms with Crippen molar-refractivity contribution in [2.75, 3.05) is 53.1 Å². The lowest BCUT2D eigenvalue weighted by Crippen LogP contribution is -2.47. The molecule has 20 heavy (non-hydrogen) atoms. The molecule has 0 radical (unpaired) electrons. The Morgan fingerprint density at radius 1 is 1.40 bits per heavy atom. The summed E-state index contributed by atoms with van der Waals surface area (Å²) in [4.78, 5) is 25.5. The predicted octanol–water partition coefficient (Wildman–Crippen LogP) is -1.04. The molecule has 0 bridgehead atoms. The zero-order valence-electron chi connectivity index (χ0n) is 12.1. The minimum Gasteiger partial charge on any atom is -0.382 e. The molecule has 2 amide bonds. The van der Waals surface area contributed by atoms with Gasteiger partial charge in [0.25, 0.3) is 0 Å². The van der Waals surface area contributed by atoms with Crippen molar-refractivity contribution in [1.82, 2.24) is 10.2 Å². The molecule has 1 atom stereocenters. The fourth-order valence-corrected chi connectivity index (χ4v) is 2.15. The molecule has 1 unspecified atom stereocenters. The first-order valence-electron chi connectivity index (χ1n) is 7.01. The number of amides is 2. The molecule has 0 aromatic carbocycles. The molecular formula is C13H25N3O4. The molecule has 0 spiro atoms. The molecule has 0 aromatic heterocycles. The molecule has 3 N–H and O–H groups in total. The highest BCUT2D eigenvalue weighted by Gasteiger charge is 2.27. The van der Waals surface area contributed by atoms with Crippen molar-refractivity contribution in [1.29, 1.82) is 0 Å². The standard InChI is InChI=1S/C13H25N3O4/c1-19-7-8-20-10-12(17)16-6-2-3-11(9-16)13(18)15-5-4-14/h11H,2-10,14H2,1H3,(H,15,18). The maximum absolute atomic E-state index is 12.0. The van der Waals surface area contributed by atoms with E-state index in [0.717, 1.165) is 12.8 Å². The van der Waals surface area contributed by atoms with E-state index in [9.17, 15) is 9.59 Å². The number of nitrogens with two attached hydrogens (primary N) is 1. The van der Waals surface area contributed by atoms with Gasteiger partial charge >= 0.3 is 0 Å². The summed E-state index contributed by atoms with van der Waals surface area (Å²) in [6.07, 6.45) is 1.65. The van der Waals surface area contributed by atoms with Crippen LogP contribution < -0.4 is 11.1 Å². The molecule has 0 saturated carbocycles. The summed E-state index contributed by atoms with van der Waals surface area (Å²) in [7, 11) is 1.58. The Labute approximate surface area is 119 Å². The molecule has 1 heterocycles. The fourth-order valence-electron chi connectivity index (χ4n) is 2.15. The molecule has 7 nitrogen and oxygen atoms in total. The van der Waals surface area contributed by atoms with Crippen LogP contribution in [0.15, 0.2) is 0 Å². The number of ether oxygens (including phenoxy) is 2. The van der Waals surface area contributed by atoms with Gasteiger partial charge in [-0.2, -0.15) is 0 Å². The van der Waals surface area contributed by atoms with Crippen molar-refractivity contribution < 1.29 is 19.1 Å². The van der Waals surface area contributed by atoms with Gasteiger partial charge in [0, 0.05) is 33.3 Å². The lowest BCUT2D eigenvalue weighted by Gasteiger charge is -2.32. The molecule has 7 heteroatoms. The van der Waals surface area contributed by atoms with Gasteiger partial charge in [0.05, 0.1) is 19.1 Å². The van der Waals surface area contributed by atoms with Crippen LogP contribution in [-0.2, 0) is 19.1 Å². The summed E-state index contributed by atoms with van der Waals surface area (Å²) in [5.74, 6) is -0.232. The Bertz CT molecular complexity index is 312. The lowest BCUT2D eigenvalue weighted by molar-refractivity contribution is -0.140. The number of nitrogens with zero attached hydrogens (tertiary/aromatic N) is 1. The predicted molar refractivity (Wildman–Crippen MR) is 74.1 cm³/mol. The molecule has 1 fully saturated rings. The fraction of sp³-hybridized carbons (Fsp3) is 0.846. The first-order chi connectivity index (χ1) is 9.69. The number of carbonyl (C=O) groups excluding carboxylic acids is 2. The van der Waals surface area contributed by atoms with Crippen LogP contribution in [-0.4, -0.2) is 69.8 Å². The monoisotopic (exact) mass is 287 g/mol. The summed E-state index contributed by atoms with van der Waals surface area (Å²) in [5, 5.41) is 2.77. The summed E-state index contributed by atoms with van der Waals surface area (Å²) >= 11 is 0. The highest BCUT2D eigenvalue weighted by molar-refractivity contribution is 5.81. The highest BCUT2D eigenvalue weighted by atomic mass is 16.5. The van der Waals surface area contributed by atoms with Crippen LogP contribution in [0.25, 0.3) is 0 Å². The van der Waals surface area contributed by atoms with E-state index >= 15 is 0 Å². The SMILES string of the molecule is COCCOCC(=O)N1CCCC(C(=O)NCCN)C1. The van der Waals surface area contributed by atoms with Crippen LogP contribution in [0.5, 0.6) is 0 Å². The number of carbonyl (C=O) groups is 2. The Kier molecular flexibility index (Phi) is 8.17. The third-order valence-corrected chi connectivity index (χ3v) is 3.25. The molecule has 0 aromatic rings. The van der Waals surface area contributed by atoms with Gasteiger partial charge in [-0.05, 0) is 12.8 Å². The molecule has 1 aliphatic rings. The quantitative estimate of drug-likeness (QED) is 0.556. The minimum absolute atomic E-state index is 0.0201. The van der Waals surface area contributed by atoms with Crippen molar-refractivity contribution in [3.05, 3.63) is 0 Å². The molecule has 0 aliphatic carbocycles. The number of rotatable bonds is 8. The van der Waals surface area contributed by atoms with Crippen LogP contribution in [0.4, 0.5) is 0 Å². The zero-order valence-corrected chi connectivity index (χ0v) is 12.1. The Balaban J connectivity index is 2.32. The molecule has 116 valence electrons. The topological polar surface area (TPSA) is 93.9 Å². The second-order valence-corrected chi connectivity index (χ2v) is 4.80. The summed E-state index contributed by atoms with van der Waals surface area (Å²) in [6.45, 7) is 2.96. The summed E-state index contributed by atoms with van der Waals surface area (Å²) in [6, 6.07) is 0. The second-order valence-electron chi connectivity index (χ2n) is 4.80. The third kappa shape index (κ3) is 5.85. The number of hydrogen-bond donors (Lipinski definition) is 2. The van der Waals surface area contributed by atoms with Crippen LogP contribution >= 0.6 is 0 Å². The Morgan fingerprint density at radius 2 is 2.20 bits per heavy atom. The average molecular weight is 287 g/mol. The van der Waals surface area contributed by atoms with Crippen LogP contribution in [0.3, 0.4) is 0 Å². The second kappa shape index (κ2) is 9.68. The van der Waals surface area contributed by atoms with Gasteiger partial charge in [0.1, 0.15) is 6.61 Å². The van der Waals surface area contributed by atoms with Gasteiger partial charge in [-0.25, -0.2) is 0 Å². The normalized spacial score (nSPS) is 18.9. The number of hydrogen-bond acceptors (Lipinski definition) is 5. The van der Waals surface area contributed by atoms with Crippen LogP contribution in [0.1, 0.15) is 12.8 Å². The molecule has 1 aliphatic heterocycles. The van der Waals surface area contributed by atoms with Gasteiger partial charge in [-0.3, -0.25) is 9.59 Å². The average Bonchev–Trinajstić information content (AvgIpc) is 2.49. The van der Waals surface area contributed by atoms with Crippen molar-refractivity contribution in [3.63, 3.8) is 0 Å². The number of likely N-dealkylation sites (tertiary alicyclic amines) is 1. The van der Waals surface area contributed by atoms with Crippen molar-refractivity contribution in [3.8, 4) is 0 Å². The largest absolute Gasteiger partial charge is 0.382 e. The van der Waals surface area contributed by atoms with Gasteiger partial charge in [-0.1, -0.05) is 0 Å². The maximum Gasteiger partial charge on any atom is 0.248 e. The number of methoxy groups -OCH3 is 1. The molecular weight excluding hydrogens is 262 g/mol. The van der Waals surface area contributed by atoms with E-state index in [-0.39, 0.29) is 24.3 Å². The van der Waals surface area contributed by atoms with Crippen molar-refractivity contribution >= 4 is 11.8 Å². The minimum atomic E-state index is -0.141. The molecule has 1 rings (SSSR count). The number of piperidine rings is 1. The first-order valence-corrected chi connectivity index (χ1v) is 7.01. The van der Waals surface area contributed by atoms with E-state index in [2.05, 4.69) is 5.32 Å². The zero-order chi connectivity index (χ0) is 14.8. The Morgan fingerprint density at radius 3 is 2.90 bits per heavy atom. The van der Waals surface area contributed by atoms with E-state index in [1.165, 1.54) is 0 Å². The Hall–Kier alpha value is -1.18. The maximum atomic E-state index is 12.0. The van der Waals surface area contributed by atoms with Gasteiger partial charge in [0.2, 0.25) is 11.8 Å². The number of nitrogens with one attached hydrogen (secondary N) is 1. The first kappa shape index (κ1) is 16.9. The third-order valence-electron chi connectivity index (χ3n) is 3.25. The van der Waals surface area contributed by atoms with Crippen molar-refractivity contribution in [2.45, 2.75) is 12.8 Å². The lowest BCUT2D eigenvalue weighted by atomic mass is 9.97. The van der Waals surface area contributed by atoms with E-state index < -0.39 is 0 Å². The van der Waals surface area contributed by atoms with Gasteiger partial charge < -0.3 is 25.4 Å². The van der Waals surface area contributed by atoms with Crippen LogP contribution in [0.2, 0.25) is 0 Å². The summed E-state index contributed by atoms with van der Waals surface area (Å²) < 4.78 is 10.1. The van der Waals surface area contributed by atoms with E-state index in [1.54, 1.807) is 12.0 Å². The highest BCUT2D eigenvalue weighted by Crippen LogP contribution is 2.16. The smallest absolute Gasteiger partial charge is 0.248 e. The van der Waals surface area contributed by atoms with E-state index in [1.807, 2.05) is 0 Å². The van der Waals surface area contributed by atoms with E-state index in [0.29, 0.717) is 39.4 Å². The summed E-state index contributed by atoms with van der Waals surface area (Å²) in [5.41, 5.74) is 5.36. The molecule has 1 saturated heterocycles. The van der Waals surface area contributed by atoms with Crippen LogP contribution in [0, 0.1) is 5.92 Å².